The molecule has 1 nitrogen and oxygen atoms in total. The highest BCUT2D eigenvalue weighted by molar-refractivity contribution is 5.10. The van der Waals surface area contributed by atoms with Crippen molar-refractivity contribution < 1.29 is 0 Å². The summed E-state index contributed by atoms with van der Waals surface area (Å²) in [7, 11) is 0. The Labute approximate surface area is 68.9 Å². The van der Waals surface area contributed by atoms with E-state index in [4.69, 9.17) is 0 Å². The Morgan fingerprint density at radius 1 is 1.36 bits per heavy atom. The highest BCUT2D eigenvalue weighted by Crippen LogP contribution is 2.42. The zero-order chi connectivity index (χ0) is 7.68. The smallest absolute Gasteiger partial charge is 0.00148 e. The van der Waals surface area contributed by atoms with E-state index in [0.29, 0.717) is 0 Å². The number of hydrogen-bond acceptors (Lipinski definition) is 1. The summed E-state index contributed by atoms with van der Waals surface area (Å²) >= 11 is 0. The van der Waals surface area contributed by atoms with Crippen LogP contribution in [-0.4, -0.2) is 13.1 Å². The number of fused-ring (bicyclic) bond motifs is 2. The minimum absolute atomic E-state index is 0.916. The molecule has 0 aromatic carbocycles. The zero-order valence-corrected chi connectivity index (χ0v) is 7.22. The fourth-order valence-electron chi connectivity index (χ4n) is 2.46. The van der Waals surface area contributed by atoms with Gasteiger partial charge in [-0.05, 0) is 43.7 Å². The number of nitrogens with one attached hydrogen (secondary N) is 1. The molecular formula is C10H17N. The summed E-state index contributed by atoms with van der Waals surface area (Å²) in [6, 6.07) is 0. The van der Waals surface area contributed by atoms with E-state index < -0.39 is 0 Å². The fraction of sp³-hybridized carbons (Fsp3) is 0.800. The number of allylic oxidation sites excluding steroid dienone is 2. The lowest BCUT2D eigenvalue weighted by molar-refractivity contribution is 0.420. The Bertz CT molecular complexity index is 162. The van der Waals surface area contributed by atoms with Gasteiger partial charge in [0.1, 0.15) is 0 Å². The average Bonchev–Trinajstić information content (AvgIpc) is 2.60. The van der Waals surface area contributed by atoms with Gasteiger partial charge in [-0.3, -0.25) is 0 Å². The molecule has 2 bridgehead atoms. The van der Waals surface area contributed by atoms with Crippen LogP contribution in [0.1, 0.15) is 19.8 Å². The van der Waals surface area contributed by atoms with Gasteiger partial charge in [-0.15, -0.1) is 0 Å². The summed E-state index contributed by atoms with van der Waals surface area (Å²) in [5.41, 5.74) is 0. The summed E-state index contributed by atoms with van der Waals surface area (Å²) in [4.78, 5) is 0. The molecule has 0 spiro atoms. The third-order valence-electron chi connectivity index (χ3n) is 3.07. The summed E-state index contributed by atoms with van der Waals surface area (Å²) < 4.78 is 0. The summed E-state index contributed by atoms with van der Waals surface area (Å²) in [6.45, 7) is 4.54. The molecule has 2 rings (SSSR count). The molecule has 1 fully saturated rings. The summed E-state index contributed by atoms with van der Waals surface area (Å²) in [6.07, 6.45) is 7.72. The third-order valence-corrected chi connectivity index (χ3v) is 3.07. The largest absolute Gasteiger partial charge is 0.317 e. The van der Waals surface area contributed by atoms with Crippen molar-refractivity contribution in [1.82, 2.24) is 5.32 Å². The van der Waals surface area contributed by atoms with Gasteiger partial charge in [0.15, 0.2) is 0 Å². The molecule has 0 aliphatic heterocycles. The van der Waals surface area contributed by atoms with Crippen LogP contribution >= 0.6 is 0 Å². The first kappa shape index (κ1) is 7.35. The lowest BCUT2D eigenvalue weighted by Gasteiger charge is -2.17. The molecule has 3 atom stereocenters. The van der Waals surface area contributed by atoms with Gasteiger partial charge in [-0.2, -0.15) is 0 Å². The topological polar surface area (TPSA) is 12.0 Å². The van der Waals surface area contributed by atoms with Gasteiger partial charge in [-0.25, -0.2) is 0 Å². The van der Waals surface area contributed by atoms with Crippen molar-refractivity contribution in [3.63, 3.8) is 0 Å². The molecule has 2 aliphatic rings. The molecule has 0 heterocycles. The van der Waals surface area contributed by atoms with Crippen molar-refractivity contribution in [3.8, 4) is 0 Å². The van der Waals surface area contributed by atoms with Crippen molar-refractivity contribution in [2.45, 2.75) is 19.8 Å². The number of hydrogen-bond donors (Lipinski definition) is 1. The van der Waals surface area contributed by atoms with E-state index in [1.54, 1.807) is 0 Å². The van der Waals surface area contributed by atoms with E-state index in [-0.39, 0.29) is 0 Å². The van der Waals surface area contributed by atoms with Crippen molar-refractivity contribution in [2.24, 2.45) is 17.8 Å². The van der Waals surface area contributed by atoms with E-state index in [9.17, 15) is 0 Å². The number of rotatable bonds is 3. The molecule has 0 aromatic heterocycles. The molecule has 62 valence electrons. The molecule has 2 aliphatic carbocycles. The normalized spacial score (nSPS) is 40.3. The molecule has 0 amide bonds. The van der Waals surface area contributed by atoms with Crippen molar-refractivity contribution in [1.29, 1.82) is 0 Å². The lowest BCUT2D eigenvalue weighted by Crippen LogP contribution is -2.24. The molecule has 0 saturated heterocycles. The van der Waals surface area contributed by atoms with Gasteiger partial charge in [0, 0.05) is 0 Å². The Morgan fingerprint density at radius 2 is 2.27 bits per heavy atom. The first-order valence-electron chi connectivity index (χ1n) is 4.79. The molecule has 0 radical (unpaired) electrons. The predicted octanol–water partition coefficient (Wildman–Crippen LogP) is 1.81. The Morgan fingerprint density at radius 3 is 2.82 bits per heavy atom. The maximum atomic E-state index is 3.44. The Hall–Kier alpha value is -0.300. The summed E-state index contributed by atoms with van der Waals surface area (Å²) in [5.74, 6) is 2.80. The van der Waals surface area contributed by atoms with Gasteiger partial charge >= 0.3 is 0 Å². The first-order chi connectivity index (χ1) is 5.40. The van der Waals surface area contributed by atoms with Crippen LogP contribution in [0.2, 0.25) is 0 Å². The standard InChI is InChI=1S/C10H17N/c1-2-11-7-10-6-8-3-4-9(10)5-8/h3-4,8-11H,2,5-7H2,1H3/t8-,9+,10-/m0/s1. The van der Waals surface area contributed by atoms with E-state index in [1.165, 1.54) is 19.4 Å². The van der Waals surface area contributed by atoms with Crippen LogP contribution in [0.25, 0.3) is 0 Å². The van der Waals surface area contributed by atoms with Crippen molar-refractivity contribution >= 4 is 0 Å². The first-order valence-corrected chi connectivity index (χ1v) is 4.79. The Kier molecular flexibility index (Phi) is 1.99. The molecule has 1 N–H and O–H groups in total. The quantitative estimate of drug-likeness (QED) is 0.607. The van der Waals surface area contributed by atoms with Crippen LogP contribution in [0, 0.1) is 17.8 Å². The second-order valence-corrected chi connectivity index (χ2v) is 3.85. The Balaban J connectivity index is 1.84. The van der Waals surface area contributed by atoms with Gasteiger partial charge in [0.2, 0.25) is 0 Å². The molecule has 0 aromatic rings. The van der Waals surface area contributed by atoms with Gasteiger partial charge in [0.05, 0.1) is 0 Å². The molecule has 11 heavy (non-hydrogen) atoms. The molecule has 0 unspecified atom stereocenters. The molecular weight excluding hydrogens is 134 g/mol. The van der Waals surface area contributed by atoms with Crippen LogP contribution in [0.5, 0.6) is 0 Å². The lowest BCUT2D eigenvalue weighted by atomic mass is 9.94. The van der Waals surface area contributed by atoms with Crippen LogP contribution < -0.4 is 5.32 Å². The highest BCUT2D eigenvalue weighted by Gasteiger charge is 2.34. The zero-order valence-electron chi connectivity index (χ0n) is 7.22. The van der Waals surface area contributed by atoms with Gasteiger partial charge < -0.3 is 5.32 Å². The minimum atomic E-state index is 0.916. The monoisotopic (exact) mass is 151 g/mol. The maximum absolute atomic E-state index is 3.44. The van der Waals surface area contributed by atoms with E-state index in [1.807, 2.05) is 0 Å². The average molecular weight is 151 g/mol. The highest BCUT2D eigenvalue weighted by atomic mass is 14.8. The second kappa shape index (κ2) is 2.98. The fourth-order valence-corrected chi connectivity index (χ4v) is 2.46. The van der Waals surface area contributed by atoms with E-state index in [0.717, 1.165) is 24.3 Å². The maximum Gasteiger partial charge on any atom is -0.00148 e. The van der Waals surface area contributed by atoms with Crippen LogP contribution in [0.15, 0.2) is 12.2 Å². The van der Waals surface area contributed by atoms with Gasteiger partial charge in [0.25, 0.3) is 0 Å². The van der Waals surface area contributed by atoms with Crippen molar-refractivity contribution in [3.05, 3.63) is 12.2 Å². The van der Waals surface area contributed by atoms with Crippen molar-refractivity contribution in [2.75, 3.05) is 13.1 Å². The van der Waals surface area contributed by atoms with Crippen LogP contribution in [0.3, 0.4) is 0 Å². The van der Waals surface area contributed by atoms with Crippen LogP contribution in [-0.2, 0) is 0 Å². The minimum Gasteiger partial charge on any atom is -0.317 e. The summed E-state index contributed by atoms with van der Waals surface area (Å²) in [5, 5.41) is 3.44. The van der Waals surface area contributed by atoms with E-state index >= 15 is 0 Å². The molecule has 1 heteroatoms. The van der Waals surface area contributed by atoms with Crippen LogP contribution in [0.4, 0.5) is 0 Å². The SMILES string of the molecule is CCNC[C@@H]1C[C@H]2C=C[C@@H]1C2. The second-order valence-electron chi connectivity index (χ2n) is 3.85. The predicted molar refractivity (Wildman–Crippen MR) is 47.4 cm³/mol. The molecule has 1 saturated carbocycles. The van der Waals surface area contributed by atoms with Gasteiger partial charge in [-0.1, -0.05) is 19.1 Å². The van der Waals surface area contributed by atoms with E-state index in [2.05, 4.69) is 24.4 Å². The third kappa shape index (κ3) is 1.34.